The summed E-state index contributed by atoms with van der Waals surface area (Å²) in [4.78, 5) is 15.0. The average molecular weight is 406 g/mol. The lowest BCUT2D eigenvalue weighted by Crippen LogP contribution is -2.32. The summed E-state index contributed by atoms with van der Waals surface area (Å²) >= 11 is 0. The first-order chi connectivity index (χ1) is 13.1. The molecule has 2 aliphatic heterocycles. The summed E-state index contributed by atoms with van der Waals surface area (Å²) < 4.78 is 11.1. The van der Waals surface area contributed by atoms with Gasteiger partial charge in [0.15, 0.2) is 0 Å². The number of ether oxygens (including phenoxy) is 1. The van der Waals surface area contributed by atoms with Gasteiger partial charge in [0, 0.05) is 18.7 Å². The molecule has 28 heavy (non-hydrogen) atoms. The van der Waals surface area contributed by atoms with Crippen LogP contribution in [-0.2, 0) is 6.61 Å². The minimum absolute atomic E-state index is 0. The Bertz CT molecular complexity index is 789. The van der Waals surface area contributed by atoms with Crippen LogP contribution in [0.25, 0.3) is 0 Å². The zero-order chi connectivity index (χ0) is 18.8. The Hall–Kier alpha value is -2.05. The summed E-state index contributed by atoms with van der Waals surface area (Å²) in [7, 11) is 0. The molecule has 2 aromatic rings. The van der Waals surface area contributed by atoms with Crippen molar-refractivity contribution in [1.82, 2.24) is 15.4 Å². The number of nitrogens with zero attached hydrogens (tertiary/aromatic N) is 2. The largest absolute Gasteiger partial charge is 0.489 e. The molecule has 6 nitrogen and oxygen atoms in total. The van der Waals surface area contributed by atoms with Crippen LogP contribution in [0.4, 0.5) is 0 Å². The van der Waals surface area contributed by atoms with Gasteiger partial charge in [-0.2, -0.15) is 0 Å². The maximum Gasteiger partial charge on any atom is 0.253 e. The molecule has 2 saturated heterocycles. The van der Waals surface area contributed by atoms with Crippen LogP contribution in [0.3, 0.4) is 0 Å². The highest BCUT2D eigenvalue weighted by molar-refractivity contribution is 5.94. The van der Waals surface area contributed by atoms with Crippen LogP contribution in [0.1, 0.15) is 40.2 Å². The van der Waals surface area contributed by atoms with Crippen LogP contribution in [0.15, 0.2) is 28.8 Å². The van der Waals surface area contributed by atoms with Crippen molar-refractivity contribution in [2.75, 3.05) is 26.2 Å². The van der Waals surface area contributed by atoms with Crippen molar-refractivity contribution in [3.63, 3.8) is 0 Å². The Morgan fingerprint density at radius 1 is 1.25 bits per heavy atom. The van der Waals surface area contributed by atoms with Crippen molar-refractivity contribution in [2.45, 2.75) is 33.3 Å². The first-order valence-electron chi connectivity index (χ1n) is 9.76. The SMILES string of the molecule is Cc1noc(C)c1COc1cccc(C(=O)N2CC[C@@H]3CNC[C@@H]3CC2)c1.Cl. The predicted molar refractivity (Wildman–Crippen MR) is 109 cm³/mol. The molecule has 0 saturated carbocycles. The maximum absolute atomic E-state index is 13.0. The second-order valence-corrected chi connectivity index (χ2v) is 7.67. The second kappa shape index (κ2) is 8.97. The van der Waals surface area contributed by atoms with Crippen molar-refractivity contribution in [2.24, 2.45) is 11.8 Å². The van der Waals surface area contributed by atoms with E-state index in [1.54, 1.807) is 0 Å². The lowest BCUT2D eigenvalue weighted by molar-refractivity contribution is 0.0758. The van der Waals surface area contributed by atoms with E-state index in [0.717, 1.165) is 56.0 Å². The highest BCUT2D eigenvalue weighted by Gasteiger charge is 2.31. The molecule has 1 amide bonds. The Balaban J connectivity index is 0.00000225. The van der Waals surface area contributed by atoms with Gasteiger partial charge in [-0.25, -0.2) is 0 Å². The molecule has 2 aliphatic rings. The summed E-state index contributed by atoms with van der Waals surface area (Å²) in [5.74, 6) is 2.99. The van der Waals surface area contributed by atoms with Gasteiger partial charge in [0.05, 0.1) is 11.3 Å². The van der Waals surface area contributed by atoms with E-state index in [4.69, 9.17) is 9.26 Å². The molecule has 152 valence electrons. The molecule has 2 fully saturated rings. The van der Waals surface area contributed by atoms with E-state index >= 15 is 0 Å². The van der Waals surface area contributed by atoms with Gasteiger partial charge < -0.3 is 19.5 Å². The lowest BCUT2D eigenvalue weighted by atomic mass is 9.92. The van der Waals surface area contributed by atoms with Gasteiger partial charge >= 0.3 is 0 Å². The van der Waals surface area contributed by atoms with Gasteiger partial charge in [0.2, 0.25) is 0 Å². The fourth-order valence-corrected chi connectivity index (χ4v) is 4.19. The number of benzene rings is 1. The molecule has 0 spiro atoms. The molecular formula is C21H28ClN3O3. The van der Waals surface area contributed by atoms with Gasteiger partial charge in [0.25, 0.3) is 5.91 Å². The molecule has 1 aromatic heterocycles. The molecule has 0 unspecified atom stereocenters. The van der Waals surface area contributed by atoms with Crippen molar-refractivity contribution >= 4 is 18.3 Å². The van der Waals surface area contributed by atoms with Crippen molar-refractivity contribution in [1.29, 1.82) is 0 Å². The third-order valence-corrected chi connectivity index (χ3v) is 5.95. The Kier molecular flexibility index (Phi) is 6.62. The highest BCUT2D eigenvalue weighted by Crippen LogP contribution is 2.28. The quantitative estimate of drug-likeness (QED) is 0.844. The predicted octanol–water partition coefficient (Wildman–Crippen LogP) is 3.36. The van der Waals surface area contributed by atoms with Crippen LogP contribution < -0.4 is 10.1 Å². The highest BCUT2D eigenvalue weighted by atomic mass is 35.5. The Morgan fingerprint density at radius 2 is 1.96 bits per heavy atom. The molecule has 0 bridgehead atoms. The smallest absolute Gasteiger partial charge is 0.253 e. The van der Waals surface area contributed by atoms with E-state index in [9.17, 15) is 4.79 Å². The van der Waals surface area contributed by atoms with Crippen LogP contribution in [0.5, 0.6) is 5.75 Å². The van der Waals surface area contributed by atoms with Gasteiger partial charge in [0.1, 0.15) is 18.1 Å². The number of amides is 1. The van der Waals surface area contributed by atoms with E-state index < -0.39 is 0 Å². The molecule has 7 heteroatoms. The lowest BCUT2D eigenvalue weighted by Gasteiger charge is -2.21. The van der Waals surface area contributed by atoms with Gasteiger partial charge in [-0.15, -0.1) is 12.4 Å². The number of aryl methyl sites for hydroxylation is 2. The molecule has 4 rings (SSSR count). The molecule has 0 radical (unpaired) electrons. The number of aromatic nitrogens is 1. The zero-order valence-corrected chi connectivity index (χ0v) is 17.3. The fraction of sp³-hybridized carbons (Fsp3) is 0.524. The number of likely N-dealkylation sites (tertiary alicyclic amines) is 1. The molecule has 1 N–H and O–H groups in total. The van der Waals surface area contributed by atoms with Crippen LogP contribution in [-0.4, -0.2) is 42.1 Å². The molecule has 3 heterocycles. The summed E-state index contributed by atoms with van der Waals surface area (Å²) in [5.41, 5.74) is 2.49. The van der Waals surface area contributed by atoms with E-state index in [-0.39, 0.29) is 18.3 Å². The number of carbonyl (C=O) groups is 1. The average Bonchev–Trinajstić information content (AvgIpc) is 3.20. The molecule has 2 atom stereocenters. The summed E-state index contributed by atoms with van der Waals surface area (Å²) in [6.07, 6.45) is 2.18. The van der Waals surface area contributed by atoms with Gasteiger partial charge in [-0.05, 0) is 69.8 Å². The third-order valence-electron chi connectivity index (χ3n) is 5.95. The van der Waals surface area contributed by atoms with Crippen molar-refractivity contribution < 1.29 is 14.1 Å². The third kappa shape index (κ3) is 4.33. The first-order valence-corrected chi connectivity index (χ1v) is 9.76. The summed E-state index contributed by atoms with van der Waals surface area (Å²) in [6, 6.07) is 7.48. The number of halogens is 1. The Morgan fingerprint density at radius 3 is 2.61 bits per heavy atom. The van der Waals surface area contributed by atoms with E-state index in [0.29, 0.717) is 29.8 Å². The number of hydrogen-bond acceptors (Lipinski definition) is 5. The van der Waals surface area contributed by atoms with E-state index in [1.165, 1.54) is 0 Å². The number of carbonyl (C=O) groups excluding carboxylic acids is 1. The van der Waals surface area contributed by atoms with Crippen molar-refractivity contribution in [3.8, 4) is 5.75 Å². The normalized spacial score (nSPS) is 21.6. The fourth-order valence-electron chi connectivity index (χ4n) is 4.19. The Labute approximate surface area is 172 Å². The molecular weight excluding hydrogens is 378 g/mol. The minimum atomic E-state index is 0. The topological polar surface area (TPSA) is 67.6 Å². The van der Waals surface area contributed by atoms with Crippen LogP contribution in [0, 0.1) is 25.7 Å². The summed E-state index contributed by atoms with van der Waals surface area (Å²) in [6.45, 7) is 8.04. The standard InChI is InChI=1S/C21H27N3O3.ClH/c1-14-20(15(2)27-23-14)13-26-19-5-3-4-16(10-19)21(25)24-8-6-17-11-22-12-18(17)7-9-24;/h3-5,10,17-18,22H,6-9,11-13H2,1-2H3;1H/t17-,18+;. The van der Waals surface area contributed by atoms with Gasteiger partial charge in [-0.1, -0.05) is 11.2 Å². The van der Waals surface area contributed by atoms with Gasteiger partial charge in [-0.3, -0.25) is 4.79 Å². The second-order valence-electron chi connectivity index (χ2n) is 7.67. The van der Waals surface area contributed by atoms with E-state index in [2.05, 4.69) is 10.5 Å². The van der Waals surface area contributed by atoms with Crippen molar-refractivity contribution in [3.05, 3.63) is 46.8 Å². The number of nitrogens with one attached hydrogen (secondary N) is 1. The number of hydrogen-bond donors (Lipinski definition) is 1. The first kappa shape index (κ1) is 20.7. The van der Waals surface area contributed by atoms with Crippen LogP contribution >= 0.6 is 12.4 Å². The van der Waals surface area contributed by atoms with Crippen LogP contribution in [0.2, 0.25) is 0 Å². The number of rotatable bonds is 4. The molecule has 1 aromatic carbocycles. The minimum Gasteiger partial charge on any atom is -0.489 e. The zero-order valence-electron chi connectivity index (χ0n) is 16.4. The number of fused-ring (bicyclic) bond motifs is 1. The molecule has 0 aliphatic carbocycles. The monoisotopic (exact) mass is 405 g/mol. The van der Waals surface area contributed by atoms with E-state index in [1.807, 2.05) is 43.0 Å². The summed E-state index contributed by atoms with van der Waals surface area (Å²) in [5, 5.41) is 7.43. The maximum atomic E-state index is 13.0.